The fourth-order valence-corrected chi connectivity index (χ4v) is 4.41. The van der Waals surface area contributed by atoms with Crippen LogP contribution in [0.2, 0.25) is 0 Å². The molecule has 1 saturated heterocycles. The zero-order valence-electron chi connectivity index (χ0n) is 16.1. The number of hydrogen-bond donors (Lipinski definition) is 3. The van der Waals surface area contributed by atoms with Crippen LogP contribution in [0.25, 0.3) is 0 Å². The molecule has 1 aliphatic heterocycles. The Morgan fingerprint density at radius 1 is 1.21 bits per heavy atom. The van der Waals surface area contributed by atoms with Gasteiger partial charge in [0.2, 0.25) is 15.9 Å². The summed E-state index contributed by atoms with van der Waals surface area (Å²) in [5.41, 5.74) is 1.18. The Morgan fingerprint density at radius 2 is 1.93 bits per heavy atom. The summed E-state index contributed by atoms with van der Waals surface area (Å²) in [7, 11) is -3.61. The Labute approximate surface area is 172 Å². The number of ether oxygens (including phenoxy) is 1. The molecule has 0 spiro atoms. The molecule has 3 N–H and O–H groups in total. The monoisotopic (exact) mass is 432 g/mol. The van der Waals surface area contributed by atoms with Gasteiger partial charge < -0.3 is 20.7 Å². The number of hydrogen-bond acceptors (Lipinski definition) is 6. The number of nitrogens with zero attached hydrogens (tertiary/aromatic N) is 1. The Bertz CT molecular complexity index is 765. The number of nitrogens with one attached hydrogen (secondary N) is 3. The first-order valence-electron chi connectivity index (χ1n) is 9.47. The summed E-state index contributed by atoms with van der Waals surface area (Å²) in [6, 6.07) is 4.80. The van der Waals surface area contributed by atoms with Crippen molar-refractivity contribution in [1.29, 1.82) is 0 Å². The maximum absolute atomic E-state index is 12.9. The second-order valence-electron chi connectivity index (χ2n) is 6.88. The first kappa shape index (κ1) is 22.9. The number of anilines is 2. The van der Waals surface area contributed by atoms with Crippen molar-refractivity contribution in [3.63, 3.8) is 0 Å². The van der Waals surface area contributed by atoms with Gasteiger partial charge in [0.15, 0.2) is 0 Å². The zero-order chi connectivity index (χ0) is 19.3. The SMILES string of the molecule is CCNc1ccc(S(=O)(=O)N2CCOCC2)cc1NC(=O)CNCC1CC1.Cl. The Hall–Kier alpha value is -1.39. The van der Waals surface area contributed by atoms with Gasteiger partial charge >= 0.3 is 0 Å². The number of amides is 1. The van der Waals surface area contributed by atoms with Gasteiger partial charge in [0.25, 0.3) is 0 Å². The van der Waals surface area contributed by atoms with Crippen LogP contribution in [0.3, 0.4) is 0 Å². The summed E-state index contributed by atoms with van der Waals surface area (Å²) in [6.07, 6.45) is 2.45. The number of morpholine rings is 1. The Kier molecular flexibility index (Phi) is 8.51. The minimum Gasteiger partial charge on any atom is -0.384 e. The molecular formula is C18H29ClN4O4S. The zero-order valence-corrected chi connectivity index (χ0v) is 17.7. The molecule has 1 aromatic rings. The van der Waals surface area contributed by atoms with Crippen LogP contribution >= 0.6 is 12.4 Å². The lowest BCUT2D eigenvalue weighted by molar-refractivity contribution is -0.115. The van der Waals surface area contributed by atoms with Crippen LogP contribution in [0.15, 0.2) is 23.1 Å². The van der Waals surface area contributed by atoms with E-state index in [1.165, 1.54) is 23.2 Å². The normalized spacial score (nSPS) is 17.6. The van der Waals surface area contributed by atoms with Gasteiger partial charge in [-0.05, 0) is 50.4 Å². The molecule has 1 aliphatic carbocycles. The minimum atomic E-state index is -3.61. The second-order valence-corrected chi connectivity index (χ2v) is 8.81. The van der Waals surface area contributed by atoms with Crippen molar-refractivity contribution in [3.8, 4) is 0 Å². The van der Waals surface area contributed by atoms with Gasteiger partial charge in [-0.3, -0.25) is 4.79 Å². The summed E-state index contributed by atoms with van der Waals surface area (Å²) in [5, 5.41) is 9.14. The minimum absolute atomic E-state index is 0. The van der Waals surface area contributed by atoms with Crippen molar-refractivity contribution in [3.05, 3.63) is 18.2 Å². The molecule has 3 rings (SSSR count). The molecule has 10 heteroatoms. The molecule has 1 saturated carbocycles. The van der Waals surface area contributed by atoms with E-state index in [-0.39, 0.29) is 29.8 Å². The standard InChI is InChI=1S/C18H28N4O4S.ClH/c1-2-20-16-6-5-15(27(24,25)22-7-9-26-10-8-22)11-17(16)21-18(23)13-19-12-14-3-4-14;/h5-6,11,14,19-20H,2-4,7-10,12-13H2,1H3,(H,21,23);1H. The first-order valence-corrected chi connectivity index (χ1v) is 10.9. The third-order valence-corrected chi connectivity index (χ3v) is 6.55. The van der Waals surface area contributed by atoms with E-state index in [9.17, 15) is 13.2 Å². The predicted octanol–water partition coefficient (Wildman–Crippen LogP) is 1.50. The van der Waals surface area contributed by atoms with E-state index < -0.39 is 10.0 Å². The van der Waals surface area contributed by atoms with E-state index in [0.29, 0.717) is 50.1 Å². The van der Waals surface area contributed by atoms with Crippen molar-refractivity contribution in [2.24, 2.45) is 5.92 Å². The van der Waals surface area contributed by atoms with Crippen LogP contribution in [0.5, 0.6) is 0 Å². The van der Waals surface area contributed by atoms with Gasteiger partial charge in [-0.25, -0.2) is 8.42 Å². The smallest absolute Gasteiger partial charge is 0.243 e. The lowest BCUT2D eigenvalue weighted by Crippen LogP contribution is -2.40. The van der Waals surface area contributed by atoms with Crippen LogP contribution in [-0.4, -0.2) is 64.6 Å². The van der Waals surface area contributed by atoms with Crippen molar-refractivity contribution in [1.82, 2.24) is 9.62 Å². The number of carbonyl (C=O) groups is 1. The van der Waals surface area contributed by atoms with Gasteiger partial charge in [0.05, 0.1) is 36.0 Å². The van der Waals surface area contributed by atoms with Crippen LogP contribution in [-0.2, 0) is 19.6 Å². The van der Waals surface area contributed by atoms with Gasteiger partial charge in [-0.15, -0.1) is 12.4 Å². The highest BCUT2D eigenvalue weighted by Gasteiger charge is 2.27. The molecular weight excluding hydrogens is 404 g/mol. The largest absolute Gasteiger partial charge is 0.384 e. The second kappa shape index (κ2) is 10.4. The summed E-state index contributed by atoms with van der Waals surface area (Å²) >= 11 is 0. The van der Waals surface area contributed by atoms with E-state index in [1.807, 2.05) is 6.92 Å². The van der Waals surface area contributed by atoms with E-state index in [2.05, 4.69) is 16.0 Å². The quantitative estimate of drug-likeness (QED) is 0.546. The van der Waals surface area contributed by atoms with Crippen molar-refractivity contribution >= 4 is 39.7 Å². The number of carbonyl (C=O) groups excluding carboxylic acids is 1. The highest BCUT2D eigenvalue weighted by atomic mass is 35.5. The van der Waals surface area contributed by atoms with Crippen LogP contribution in [0.4, 0.5) is 11.4 Å². The maximum Gasteiger partial charge on any atom is 0.243 e. The lowest BCUT2D eigenvalue weighted by Gasteiger charge is -2.26. The summed E-state index contributed by atoms with van der Waals surface area (Å²) in [6.45, 7) is 5.13. The van der Waals surface area contributed by atoms with E-state index in [1.54, 1.807) is 12.1 Å². The Morgan fingerprint density at radius 3 is 2.57 bits per heavy atom. The molecule has 0 bridgehead atoms. The highest BCUT2D eigenvalue weighted by molar-refractivity contribution is 7.89. The van der Waals surface area contributed by atoms with Crippen LogP contribution < -0.4 is 16.0 Å². The molecule has 28 heavy (non-hydrogen) atoms. The molecule has 2 aliphatic rings. The van der Waals surface area contributed by atoms with E-state index >= 15 is 0 Å². The molecule has 1 heterocycles. The number of halogens is 1. The van der Waals surface area contributed by atoms with Gasteiger partial charge in [-0.1, -0.05) is 0 Å². The van der Waals surface area contributed by atoms with Gasteiger partial charge in [0.1, 0.15) is 0 Å². The number of sulfonamides is 1. The first-order chi connectivity index (χ1) is 13.0. The number of rotatable bonds is 9. The molecule has 1 amide bonds. The Balaban J connectivity index is 0.00000280. The van der Waals surface area contributed by atoms with Crippen molar-refractivity contribution in [2.45, 2.75) is 24.7 Å². The third kappa shape index (κ3) is 6.05. The van der Waals surface area contributed by atoms with Crippen molar-refractivity contribution < 1.29 is 17.9 Å². The van der Waals surface area contributed by atoms with E-state index in [0.717, 1.165) is 6.54 Å². The van der Waals surface area contributed by atoms with Gasteiger partial charge in [0, 0.05) is 19.6 Å². The topological polar surface area (TPSA) is 99.8 Å². The van der Waals surface area contributed by atoms with Crippen molar-refractivity contribution in [2.75, 3.05) is 56.6 Å². The number of benzene rings is 1. The van der Waals surface area contributed by atoms with Crippen LogP contribution in [0.1, 0.15) is 19.8 Å². The highest BCUT2D eigenvalue weighted by Crippen LogP contribution is 2.28. The summed E-state index contributed by atoms with van der Waals surface area (Å²) in [5.74, 6) is 0.507. The molecule has 1 aromatic carbocycles. The van der Waals surface area contributed by atoms with Crippen LogP contribution in [0, 0.1) is 5.92 Å². The molecule has 2 fully saturated rings. The molecule has 0 aromatic heterocycles. The van der Waals surface area contributed by atoms with E-state index in [4.69, 9.17) is 4.74 Å². The lowest BCUT2D eigenvalue weighted by atomic mass is 10.2. The third-order valence-electron chi connectivity index (χ3n) is 4.66. The average molecular weight is 433 g/mol. The average Bonchev–Trinajstić information content (AvgIpc) is 3.48. The summed E-state index contributed by atoms with van der Waals surface area (Å²) < 4.78 is 32.4. The summed E-state index contributed by atoms with van der Waals surface area (Å²) in [4.78, 5) is 12.4. The predicted molar refractivity (Wildman–Crippen MR) is 112 cm³/mol. The molecule has 0 radical (unpaired) electrons. The molecule has 0 atom stereocenters. The fourth-order valence-electron chi connectivity index (χ4n) is 2.97. The molecule has 158 valence electrons. The fraction of sp³-hybridized carbons (Fsp3) is 0.611. The molecule has 8 nitrogen and oxygen atoms in total. The molecule has 0 unspecified atom stereocenters. The maximum atomic E-state index is 12.9. The van der Waals surface area contributed by atoms with Gasteiger partial charge in [-0.2, -0.15) is 4.31 Å².